The first kappa shape index (κ1) is 7.06. The van der Waals surface area contributed by atoms with E-state index in [1.165, 1.54) is 4.70 Å². The molecule has 0 aliphatic carbocycles. The molecular weight excluding hydrogens is 157 g/mol. The van der Waals surface area contributed by atoms with Crippen molar-refractivity contribution >= 4 is 0 Å². The van der Waals surface area contributed by atoms with Gasteiger partial charge in [-0.2, -0.15) is 13.2 Å². The number of nitrogens with zero attached hydrogens (tertiary/aromatic N) is 2. The Morgan fingerprint density at radius 1 is 1.55 bits per heavy atom. The van der Waals surface area contributed by atoms with Crippen LogP contribution in [0, 0.1) is 0 Å². The summed E-state index contributed by atoms with van der Waals surface area (Å²) >= 11 is 0. The second-order valence-electron chi connectivity index (χ2n) is 3.15. The lowest BCUT2D eigenvalue weighted by Gasteiger charge is -2.03. The van der Waals surface area contributed by atoms with Gasteiger partial charge in [0.25, 0.3) is 0 Å². The van der Waals surface area contributed by atoms with Gasteiger partial charge in [0.1, 0.15) is 0 Å². The van der Waals surface area contributed by atoms with E-state index in [-0.39, 0.29) is 12.5 Å². The van der Waals surface area contributed by atoms with Crippen LogP contribution in [-0.4, -0.2) is 22.6 Å². The molecular formula is C6H8F3N2+. The lowest BCUT2D eigenvalue weighted by Crippen LogP contribution is -2.35. The Kier molecular flexibility index (Phi) is 1.02. The fraction of sp³-hybridized carbons (Fsp3) is 1.00. The highest BCUT2D eigenvalue weighted by molar-refractivity contribution is 4.93. The van der Waals surface area contributed by atoms with Gasteiger partial charge in [0.15, 0.2) is 6.04 Å². The standard InChI is InChI=1S/C6H8F3N2/c1-4-2-3-5(6(7,8)9)10-11(4)5/h4H,2-3H2,1H3/q+1. The van der Waals surface area contributed by atoms with Crippen LogP contribution in [0.2, 0.25) is 0 Å². The average Bonchev–Trinajstić information content (AvgIpc) is 2.50. The lowest BCUT2D eigenvalue weighted by atomic mass is 10.1. The number of rotatable bonds is 0. The molecule has 2 atom stereocenters. The predicted molar refractivity (Wildman–Crippen MR) is 30.2 cm³/mol. The molecule has 11 heavy (non-hydrogen) atoms. The molecule has 0 N–H and O–H groups in total. The Balaban J connectivity index is 2.21. The maximum absolute atomic E-state index is 12.2. The maximum atomic E-state index is 12.2. The third kappa shape index (κ3) is 0.684. The summed E-state index contributed by atoms with van der Waals surface area (Å²) < 4.78 is 37.8. The molecule has 0 radical (unpaired) electrons. The average molecular weight is 165 g/mol. The minimum atomic E-state index is -4.17. The molecule has 0 spiro atoms. The molecule has 0 saturated carbocycles. The highest BCUT2D eigenvalue weighted by Crippen LogP contribution is 2.52. The number of azo groups is 1. The monoisotopic (exact) mass is 165 g/mol. The number of hydrogen-bond acceptors (Lipinski definition) is 1. The van der Waals surface area contributed by atoms with Gasteiger partial charge in [-0.15, -0.1) is 0 Å². The van der Waals surface area contributed by atoms with Crippen molar-refractivity contribution < 1.29 is 17.9 Å². The summed E-state index contributed by atoms with van der Waals surface area (Å²) in [4.78, 5) is 0. The molecule has 2 rings (SSSR count). The number of hydrogen-bond donors (Lipinski definition) is 0. The van der Waals surface area contributed by atoms with Crippen LogP contribution in [0.4, 0.5) is 13.2 Å². The van der Waals surface area contributed by atoms with Gasteiger partial charge in [-0.1, -0.05) is 4.70 Å². The molecule has 62 valence electrons. The van der Waals surface area contributed by atoms with Crippen molar-refractivity contribution in [2.24, 2.45) is 5.11 Å². The fourth-order valence-electron chi connectivity index (χ4n) is 1.64. The Hall–Kier alpha value is -0.610. The van der Waals surface area contributed by atoms with E-state index in [0.717, 1.165) is 0 Å². The zero-order valence-electron chi connectivity index (χ0n) is 6.02. The van der Waals surface area contributed by atoms with E-state index < -0.39 is 11.8 Å². The molecule has 0 aromatic rings. The van der Waals surface area contributed by atoms with Crippen molar-refractivity contribution in [3.8, 4) is 0 Å². The smallest absolute Gasteiger partial charge is 0.162 e. The first-order valence-electron chi connectivity index (χ1n) is 3.56. The fourth-order valence-corrected chi connectivity index (χ4v) is 1.64. The van der Waals surface area contributed by atoms with Crippen molar-refractivity contribution in [3.63, 3.8) is 0 Å². The topological polar surface area (TPSA) is 15.4 Å². The molecule has 2 nitrogen and oxygen atoms in total. The first-order valence-corrected chi connectivity index (χ1v) is 3.56. The highest BCUT2D eigenvalue weighted by Gasteiger charge is 2.81. The van der Waals surface area contributed by atoms with Crippen molar-refractivity contribution in [2.75, 3.05) is 0 Å². The molecule has 2 aliphatic heterocycles. The van der Waals surface area contributed by atoms with Gasteiger partial charge in [0, 0.05) is 6.42 Å². The Morgan fingerprint density at radius 2 is 2.18 bits per heavy atom. The minimum Gasteiger partial charge on any atom is -0.162 e. The van der Waals surface area contributed by atoms with E-state index in [0.29, 0.717) is 6.42 Å². The van der Waals surface area contributed by atoms with Gasteiger partial charge in [-0.25, -0.2) is 0 Å². The Labute approximate surface area is 61.7 Å². The van der Waals surface area contributed by atoms with Crippen LogP contribution in [0.3, 0.4) is 0 Å². The summed E-state index contributed by atoms with van der Waals surface area (Å²) in [6.07, 6.45) is -3.43. The highest BCUT2D eigenvalue weighted by atomic mass is 19.4. The van der Waals surface area contributed by atoms with E-state index >= 15 is 0 Å². The second kappa shape index (κ2) is 1.59. The Morgan fingerprint density at radius 3 is 2.36 bits per heavy atom. The molecule has 0 aromatic heterocycles. The SMILES string of the molecule is CC1CCC2(C(F)(F)F)N=[N+]12. The van der Waals surface area contributed by atoms with Crippen LogP contribution in [0.15, 0.2) is 5.11 Å². The molecule has 1 fully saturated rings. The van der Waals surface area contributed by atoms with Gasteiger partial charge < -0.3 is 0 Å². The van der Waals surface area contributed by atoms with Crippen molar-refractivity contribution in [2.45, 2.75) is 37.6 Å². The van der Waals surface area contributed by atoms with Crippen LogP contribution < -0.4 is 0 Å². The van der Waals surface area contributed by atoms with Crippen LogP contribution in [0.1, 0.15) is 19.8 Å². The van der Waals surface area contributed by atoms with E-state index in [1.807, 2.05) is 0 Å². The molecule has 0 bridgehead atoms. The third-order valence-corrected chi connectivity index (χ3v) is 2.39. The summed E-state index contributed by atoms with van der Waals surface area (Å²) in [7, 11) is 0. The number of alkyl halides is 3. The largest absolute Gasteiger partial charge is 0.486 e. The molecule has 5 heteroatoms. The van der Waals surface area contributed by atoms with Crippen LogP contribution in [0.25, 0.3) is 0 Å². The minimum absolute atomic E-state index is 0.0309. The summed E-state index contributed by atoms with van der Waals surface area (Å²) in [5.74, 6) is 0. The van der Waals surface area contributed by atoms with E-state index in [1.54, 1.807) is 6.92 Å². The van der Waals surface area contributed by atoms with Gasteiger partial charge in [0.2, 0.25) is 0 Å². The first-order chi connectivity index (χ1) is 4.97. The van der Waals surface area contributed by atoms with E-state index in [2.05, 4.69) is 5.11 Å². The summed E-state index contributed by atoms with van der Waals surface area (Å²) in [5.41, 5.74) is -1.77. The summed E-state index contributed by atoms with van der Waals surface area (Å²) in [6.45, 7) is 1.77. The molecule has 0 aromatic carbocycles. The van der Waals surface area contributed by atoms with Crippen molar-refractivity contribution in [3.05, 3.63) is 0 Å². The molecule has 2 aliphatic rings. The zero-order valence-corrected chi connectivity index (χ0v) is 6.02. The van der Waals surface area contributed by atoms with Gasteiger partial charge in [0.05, 0.1) is 11.5 Å². The molecule has 2 unspecified atom stereocenters. The third-order valence-electron chi connectivity index (χ3n) is 2.39. The number of fused-ring (bicyclic) bond motifs is 1. The van der Waals surface area contributed by atoms with Crippen molar-refractivity contribution in [1.29, 1.82) is 0 Å². The predicted octanol–water partition coefficient (Wildman–Crippen LogP) is 1.91. The van der Waals surface area contributed by atoms with E-state index in [4.69, 9.17) is 0 Å². The quantitative estimate of drug-likeness (QED) is 0.487. The van der Waals surface area contributed by atoms with Crippen LogP contribution in [-0.2, 0) is 0 Å². The van der Waals surface area contributed by atoms with E-state index in [9.17, 15) is 13.2 Å². The van der Waals surface area contributed by atoms with Crippen LogP contribution in [0.5, 0.6) is 0 Å². The molecule has 1 saturated heterocycles. The van der Waals surface area contributed by atoms with Gasteiger partial charge in [-0.05, 0) is 6.92 Å². The van der Waals surface area contributed by atoms with Gasteiger partial charge in [-0.3, -0.25) is 0 Å². The summed E-state index contributed by atoms with van der Waals surface area (Å²) in [5, 5.41) is 3.45. The second-order valence-corrected chi connectivity index (χ2v) is 3.15. The zero-order chi connectivity index (χ0) is 8.28. The summed E-state index contributed by atoms with van der Waals surface area (Å²) in [6, 6.07) is -0.0309. The number of halogens is 3. The van der Waals surface area contributed by atoms with Gasteiger partial charge >= 0.3 is 11.8 Å². The Bertz CT molecular complexity index is 232. The lowest BCUT2D eigenvalue weighted by molar-refractivity contribution is -0.560. The normalized spacial score (nSPS) is 41.8. The molecule has 2 heterocycles. The maximum Gasteiger partial charge on any atom is 0.486 e. The molecule has 0 amide bonds. The van der Waals surface area contributed by atoms with Crippen molar-refractivity contribution in [1.82, 2.24) is 0 Å². The van der Waals surface area contributed by atoms with Crippen LogP contribution >= 0.6 is 0 Å².